The van der Waals surface area contributed by atoms with Crippen molar-refractivity contribution in [3.05, 3.63) is 23.8 Å². The van der Waals surface area contributed by atoms with Crippen LogP contribution in [-0.4, -0.2) is 78.3 Å². The van der Waals surface area contributed by atoms with Gasteiger partial charge < -0.3 is 30.3 Å². The number of nitrogens with one attached hydrogen (secondary N) is 2. The number of anilines is 1. The third-order valence-electron chi connectivity index (χ3n) is 7.38. The van der Waals surface area contributed by atoms with E-state index < -0.39 is 0 Å². The normalized spacial score (nSPS) is 22.3. The molecular weight excluding hydrogens is 456 g/mol. The monoisotopic (exact) mass is 502 g/mol. The number of fused-ring (bicyclic) bond motifs is 1. The van der Waals surface area contributed by atoms with E-state index in [0.29, 0.717) is 18.0 Å². The molecule has 0 bridgehead atoms. The molecule has 0 unspecified atom stereocenters. The summed E-state index contributed by atoms with van der Waals surface area (Å²) in [6.45, 7) is 10.1. The Kier molecular flexibility index (Phi) is 10.4. The molecule has 0 aromatic heterocycles. The minimum atomic E-state index is -0.286. The highest BCUT2D eigenvalue weighted by Crippen LogP contribution is 2.30. The maximum Gasteiger partial charge on any atom is 0.319 e. The van der Waals surface area contributed by atoms with Crippen LogP contribution in [0.5, 0.6) is 5.75 Å². The first-order chi connectivity index (χ1) is 17.2. The molecule has 8 nitrogen and oxygen atoms in total. The van der Waals surface area contributed by atoms with Gasteiger partial charge in [-0.3, -0.25) is 4.79 Å². The minimum Gasteiger partial charge on any atom is -0.488 e. The zero-order chi connectivity index (χ0) is 26.2. The van der Waals surface area contributed by atoms with Crippen LogP contribution >= 0.6 is 0 Å². The zero-order valence-corrected chi connectivity index (χ0v) is 22.8. The van der Waals surface area contributed by atoms with Gasteiger partial charge in [-0.1, -0.05) is 26.2 Å². The molecule has 3 rings (SSSR count). The number of ether oxygens (including phenoxy) is 1. The van der Waals surface area contributed by atoms with Gasteiger partial charge in [-0.15, -0.1) is 0 Å². The summed E-state index contributed by atoms with van der Waals surface area (Å²) in [7, 11) is 2.16. The van der Waals surface area contributed by atoms with Gasteiger partial charge in [0.1, 0.15) is 11.9 Å². The van der Waals surface area contributed by atoms with Crippen molar-refractivity contribution >= 4 is 17.6 Å². The standard InChI is InChI=1S/C28H46N4O4/c1-19(2)29-28(35)30-24-11-12-25-23(13-24)14-27(34)32(21(4)18-33)15-20(3)26(36-25)17-31(5)16-22-9-7-6-8-10-22/h11-13,19-22,26,33H,6-10,14-18H2,1-5H3,(H2,29,30,35)/t20-,21-,26-/m1/s1. The van der Waals surface area contributed by atoms with E-state index in [2.05, 4.69) is 29.5 Å². The van der Waals surface area contributed by atoms with Crippen LogP contribution in [0.3, 0.4) is 0 Å². The highest BCUT2D eigenvalue weighted by Gasteiger charge is 2.31. The predicted octanol–water partition coefficient (Wildman–Crippen LogP) is 3.88. The number of urea groups is 1. The Hall–Kier alpha value is -2.32. The molecular formula is C28H46N4O4. The second-order valence-electron chi connectivity index (χ2n) is 11.2. The average Bonchev–Trinajstić information content (AvgIpc) is 2.86. The van der Waals surface area contributed by atoms with Crippen molar-refractivity contribution in [2.75, 3.05) is 38.6 Å². The molecule has 1 aromatic rings. The number of aliphatic hydroxyl groups excluding tert-OH is 1. The Morgan fingerprint density at radius 2 is 1.92 bits per heavy atom. The molecule has 3 atom stereocenters. The fraction of sp³-hybridized carbons (Fsp3) is 0.714. The van der Waals surface area contributed by atoms with Crippen LogP contribution in [0, 0.1) is 11.8 Å². The lowest BCUT2D eigenvalue weighted by Gasteiger charge is -2.35. The zero-order valence-electron chi connectivity index (χ0n) is 22.8. The number of amides is 3. The fourth-order valence-electron chi connectivity index (χ4n) is 5.35. The maximum absolute atomic E-state index is 13.3. The summed E-state index contributed by atoms with van der Waals surface area (Å²) in [5.74, 6) is 1.45. The molecule has 0 saturated heterocycles. The number of hydrogen-bond donors (Lipinski definition) is 3. The van der Waals surface area contributed by atoms with Gasteiger partial charge >= 0.3 is 6.03 Å². The number of likely N-dealkylation sites (N-methyl/N-ethyl adjacent to an activating group) is 1. The van der Waals surface area contributed by atoms with Gasteiger partial charge in [0.15, 0.2) is 0 Å². The Morgan fingerprint density at radius 1 is 1.19 bits per heavy atom. The van der Waals surface area contributed by atoms with E-state index in [1.165, 1.54) is 32.1 Å². The number of carbonyl (C=O) groups excluding carboxylic acids is 2. The van der Waals surface area contributed by atoms with E-state index >= 15 is 0 Å². The van der Waals surface area contributed by atoms with Gasteiger partial charge in [-0.05, 0) is 64.8 Å². The highest BCUT2D eigenvalue weighted by molar-refractivity contribution is 5.90. The number of aliphatic hydroxyl groups is 1. The first kappa shape index (κ1) is 28.3. The smallest absolute Gasteiger partial charge is 0.319 e. The summed E-state index contributed by atoms with van der Waals surface area (Å²) in [6, 6.07) is 4.96. The Morgan fingerprint density at radius 3 is 2.58 bits per heavy atom. The van der Waals surface area contributed by atoms with Crippen molar-refractivity contribution < 1.29 is 19.4 Å². The van der Waals surface area contributed by atoms with Gasteiger partial charge in [0, 0.05) is 42.8 Å². The Balaban J connectivity index is 1.83. The largest absolute Gasteiger partial charge is 0.488 e. The molecule has 1 fully saturated rings. The number of hydrogen-bond acceptors (Lipinski definition) is 5. The summed E-state index contributed by atoms with van der Waals surface area (Å²) in [4.78, 5) is 29.7. The lowest BCUT2D eigenvalue weighted by molar-refractivity contribution is -0.134. The molecule has 8 heteroatoms. The van der Waals surface area contributed by atoms with Crippen LogP contribution in [-0.2, 0) is 11.2 Å². The van der Waals surface area contributed by atoms with E-state index in [-0.39, 0.29) is 49.1 Å². The number of rotatable bonds is 8. The first-order valence-electron chi connectivity index (χ1n) is 13.6. The number of nitrogens with zero attached hydrogens (tertiary/aromatic N) is 2. The molecule has 202 valence electrons. The topological polar surface area (TPSA) is 94.1 Å². The lowest BCUT2D eigenvalue weighted by Crippen LogP contribution is -2.48. The van der Waals surface area contributed by atoms with Crippen molar-refractivity contribution in [3.8, 4) is 5.75 Å². The van der Waals surface area contributed by atoms with E-state index in [9.17, 15) is 14.7 Å². The lowest BCUT2D eigenvalue weighted by atomic mass is 9.89. The van der Waals surface area contributed by atoms with Crippen LogP contribution in [0.1, 0.15) is 65.4 Å². The molecule has 36 heavy (non-hydrogen) atoms. The van der Waals surface area contributed by atoms with Crippen LogP contribution in [0.4, 0.5) is 10.5 Å². The van der Waals surface area contributed by atoms with Crippen molar-refractivity contribution in [1.82, 2.24) is 15.1 Å². The summed E-state index contributed by atoms with van der Waals surface area (Å²) in [6.07, 6.45) is 6.63. The van der Waals surface area contributed by atoms with Crippen LogP contribution in [0.25, 0.3) is 0 Å². The fourth-order valence-corrected chi connectivity index (χ4v) is 5.35. The van der Waals surface area contributed by atoms with Gasteiger partial charge in [0.25, 0.3) is 0 Å². The molecule has 3 amide bonds. The van der Waals surface area contributed by atoms with E-state index in [1.54, 1.807) is 4.90 Å². The van der Waals surface area contributed by atoms with Crippen molar-refractivity contribution in [1.29, 1.82) is 0 Å². The second-order valence-corrected chi connectivity index (χ2v) is 11.2. The summed E-state index contributed by atoms with van der Waals surface area (Å²) in [5.41, 5.74) is 1.36. The summed E-state index contributed by atoms with van der Waals surface area (Å²) < 4.78 is 6.61. The average molecular weight is 503 g/mol. The summed E-state index contributed by atoms with van der Waals surface area (Å²) >= 11 is 0. The van der Waals surface area contributed by atoms with Gasteiger partial charge in [0.2, 0.25) is 5.91 Å². The van der Waals surface area contributed by atoms with Crippen molar-refractivity contribution in [3.63, 3.8) is 0 Å². The Bertz CT molecular complexity index is 871. The third kappa shape index (κ3) is 8.10. The van der Waals surface area contributed by atoms with Gasteiger partial charge in [-0.25, -0.2) is 4.79 Å². The molecule has 0 spiro atoms. The SMILES string of the molecule is CC(C)NC(=O)Nc1ccc2c(c1)CC(=O)N([C@H](C)CO)C[C@@H](C)[C@@H](CN(C)CC1CCCCC1)O2. The second kappa shape index (κ2) is 13.3. The minimum absolute atomic E-state index is 0.0177. The predicted molar refractivity (Wildman–Crippen MR) is 143 cm³/mol. The van der Waals surface area contributed by atoms with E-state index in [0.717, 1.165) is 24.6 Å². The molecule has 3 N–H and O–H groups in total. The Labute approximate surface area is 216 Å². The van der Waals surface area contributed by atoms with Crippen LogP contribution < -0.4 is 15.4 Å². The van der Waals surface area contributed by atoms with Crippen LogP contribution in [0.2, 0.25) is 0 Å². The van der Waals surface area contributed by atoms with E-state index in [1.807, 2.05) is 39.0 Å². The highest BCUT2D eigenvalue weighted by atomic mass is 16.5. The first-order valence-corrected chi connectivity index (χ1v) is 13.6. The molecule has 1 saturated carbocycles. The van der Waals surface area contributed by atoms with E-state index in [4.69, 9.17) is 4.74 Å². The molecule has 1 aliphatic heterocycles. The molecule has 2 aliphatic rings. The van der Waals surface area contributed by atoms with Crippen molar-refractivity contribution in [2.45, 2.75) is 84.4 Å². The van der Waals surface area contributed by atoms with Crippen LogP contribution in [0.15, 0.2) is 18.2 Å². The molecule has 1 heterocycles. The van der Waals surface area contributed by atoms with Gasteiger partial charge in [0.05, 0.1) is 19.1 Å². The summed E-state index contributed by atoms with van der Waals surface area (Å²) in [5, 5.41) is 15.5. The van der Waals surface area contributed by atoms with Crippen molar-refractivity contribution in [2.24, 2.45) is 11.8 Å². The molecule has 1 aliphatic carbocycles. The van der Waals surface area contributed by atoms with Gasteiger partial charge in [-0.2, -0.15) is 0 Å². The maximum atomic E-state index is 13.3. The number of benzene rings is 1. The quantitative estimate of drug-likeness (QED) is 0.502. The molecule has 0 radical (unpaired) electrons. The third-order valence-corrected chi connectivity index (χ3v) is 7.38. The molecule has 1 aromatic carbocycles. The number of carbonyl (C=O) groups is 2.